The van der Waals surface area contributed by atoms with E-state index in [4.69, 9.17) is 18.9 Å². The Morgan fingerprint density at radius 1 is 0.647 bits per heavy atom. The maximum atomic E-state index is 12.8. The topological polar surface area (TPSA) is 88.1 Å². The van der Waals surface area contributed by atoms with Gasteiger partial charge >= 0.3 is 17.9 Å². The van der Waals surface area contributed by atoms with E-state index in [9.17, 15) is 14.4 Å². The van der Waals surface area contributed by atoms with Gasteiger partial charge in [-0.05, 0) is 43.3 Å². The minimum Gasteiger partial charge on any atom is -0.454 e. The lowest BCUT2D eigenvalue weighted by Crippen LogP contribution is -2.53. The average molecular weight is 460 g/mol. The molecule has 0 aromatic heterocycles. The van der Waals surface area contributed by atoms with Crippen molar-refractivity contribution in [3.8, 4) is 0 Å². The summed E-state index contributed by atoms with van der Waals surface area (Å²) in [5.74, 6) is -1.87. The van der Waals surface area contributed by atoms with Crippen LogP contribution >= 0.6 is 0 Å². The van der Waals surface area contributed by atoms with Crippen LogP contribution in [0.3, 0.4) is 0 Å². The molecule has 4 rings (SSSR count). The number of hydrogen-bond donors (Lipinski definition) is 0. The van der Waals surface area contributed by atoms with Crippen LogP contribution in [0, 0.1) is 0 Å². The molecule has 0 bridgehead atoms. The van der Waals surface area contributed by atoms with Gasteiger partial charge in [0.25, 0.3) is 0 Å². The van der Waals surface area contributed by atoms with E-state index >= 15 is 0 Å². The molecule has 0 radical (unpaired) electrons. The van der Waals surface area contributed by atoms with Crippen LogP contribution in [0.1, 0.15) is 44.4 Å². The van der Waals surface area contributed by atoms with Crippen LogP contribution in [-0.2, 0) is 18.9 Å². The molecule has 1 saturated heterocycles. The molecular formula is C27H24O7. The molecule has 1 heterocycles. The van der Waals surface area contributed by atoms with E-state index < -0.39 is 42.5 Å². The molecule has 174 valence electrons. The molecule has 0 unspecified atom stereocenters. The fourth-order valence-corrected chi connectivity index (χ4v) is 3.63. The molecule has 0 N–H and O–H groups in total. The van der Waals surface area contributed by atoms with E-state index in [2.05, 4.69) is 0 Å². The van der Waals surface area contributed by atoms with E-state index in [0.29, 0.717) is 16.7 Å². The standard InChI is InChI=1S/C27H24O7/c1-18-17-22(32-24(28)19-11-5-2-6-12-19)23(33-25(29)20-13-7-3-8-14-20)27(31-18)34-26(30)21-15-9-4-10-16-21/h2-16,18,22-23,27H,17H2,1H3/t18-,22+,23-,27-/m0/s1. The lowest BCUT2D eigenvalue weighted by atomic mass is 10.0. The summed E-state index contributed by atoms with van der Waals surface area (Å²) in [6.07, 6.45) is -3.49. The van der Waals surface area contributed by atoms with E-state index in [1.165, 1.54) is 0 Å². The number of ether oxygens (including phenoxy) is 4. The quantitative estimate of drug-likeness (QED) is 0.397. The predicted octanol–water partition coefficient (Wildman–Crippen LogP) is 4.43. The molecule has 3 aromatic carbocycles. The lowest BCUT2D eigenvalue weighted by molar-refractivity contribution is -0.241. The highest BCUT2D eigenvalue weighted by molar-refractivity contribution is 5.91. The van der Waals surface area contributed by atoms with E-state index in [1.807, 2.05) is 0 Å². The number of hydrogen-bond acceptors (Lipinski definition) is 7. The summed E-state index contributed by atoms with van der Waals surface area (Å²) < 4.78 is 22.9. The summed E-state index contributed by atoms with van der Waals surface area (Å²) in [5.41, 5.74) is 0.977. The molecule has 1 aliphatic rings. The van der Waals surface area contributed by atoms with Crippen molar-refractivity contribution >= 4 is 17.9 Å². The zero-order chi connectivity index (χ0) is 23.9. The summed E-state index contributed by atoms with van der Waals surface area (Å²) in [6, 6.07) is 25.3. The average Bonchev–Trinajstić information content (AvgIpc) is 2.87. The molecular weight excluding hydrogens is 436 g/mol. The highest BCUT2D eigenvalue weighted by Gasteiger charge is 2.45. The minimum absolute atomic E-state index is 0.255. The third-order valence-electron chi connectivity index (χ3n) is 5.32. The Kier molecular flexibility index (Phi) is 7.34. The van der Waals surface area contributed by atoms with Gasteiger partial charge in [0.1, 0.15) is 6.10 Å². The van der Waals surface area contributed by atoms with Gasteiger partial charge in [0.15, 0.2) is 0 Å². The van der Waals surface area contributed by atoms with Crippen LogP contribution in [0.2, 0.25) is 0 Å². The van der Waals surface area contributed by atoms with E-state index in [1.54, 1.807) is 97.9 Å². The Hall–Kier alpha value is -3.97. The van der Waals surface area contributed by atoms with Gasteiger partial charge in [0.2, 0.25) is 12.4 Å². The third kappa shape index (κ3) is 5.68. The van der Waals surface area contributed by atoms with Gasteiger partial charge in [0, 0.05) is 6.42 Å². The van der Waals surface area contributed by atoms with Gasteiger partial charge < -0.3 is 18.9 Å². The van der Waals surface area contributed by atoms with Crippen LogP contribution in [0.5, 0.6) is 0 Å². The van der Waals surface area contributed by atoms with E-state index in [0.717, 1.165) is 0 Å². The largest absolute Gasteiger partial charge is 0.454 e. The molecule has 1 fully saturated rings. The Labute approximate surface area is 197 Å². The molecule has 0 spiro atoms. The minimum atomic E-state index is -1.27. The molecule has 7 heteroatoms. The molecule has 0 aliphatic carbocycles. The highest BCUT2D eigenvalue weighted by atomic mass is 16.7. The zero-order valence-corrected chi connectivity index (χ0v) is 18.5. The molecule has 7 nitrogen and oxygen atoms in total. The van der Waals surface area contributed by atoms with Crippen molar-refractivity contribution in [3.63, 3.8) is 0 Å². The first-order valence-corrected chi connectivity index (χ1v) is 10.9. The second kappa shape index (κ2) is 10.8. The van der Waals surface area contributed by atoms with Gasteiger partial charge in [-0.25, -0.2) is 14.4 Å². The van der Waals surface area contributed by atoms with Crippen molar-refractivity contribution in [2.75, 3.05) is 0 Å². The van der Waals surface area contributed by atoms with Crippen molar-refractivity contribution in [1.29, 1.82) is 0 Å². The normalized spacial score (nSPS) is 21.8. The van der Waals surface area contributed by atoms with Crippen LogP contribution in [-0.4, -0.2) is 42.5 Å². The van der Waals surface area contributed by atoms with Crippen LogP contribution < -0.4 is 0 Å². The maximum absolute atomic E-state index is 12.8. The van der Waals surface area contributed by atoms with Gasteiger partial charge in [-0.1, -0.05) is 54.6 Å². The summed E-state index contributed by atoms with van der Waals surface area (Å²) in [6.45, 7) is 1.77. The van der Waals surface area contributed by atoms with Crippen molar-refractivity contribution in [2.24, 2.45) is 0 Å². The van der Waals surface area contributed by atoms with Crippen LogP contribution in [0.25, 0.3) is 0 Å². The number of carbonyl (C=O) groups is 3. The predicted molar refractivity (Wildman–Crippen MR) is 122 cm³/mol. The Bertz CT molecular complexity index is 1050. The second-order valence-corrected chi connectivity index (χ2v) is 7.87. The van der Waals surface area contributed by atoms with Crippen molar-refractivity contribution in [3.05, 3.63) is 108 Å². The van der Waals surface area contributed by atoms with Gasteiger partial charge in [-0.3, -0.25) is 0 Å². The van der Waals surface area contributed by atoms with Crippen molar-refractivity contribution in [2.45, 2.75) is 37.9 Å². The second-order valence-electron chi connectivity index (χ2n) is 7.87. The molecule has 1 aliphatic heterocycles. The molecule has 0 saturated carbocycles. The summed E-state index contributed by atoms with van der Waals surface area (Å²) in [4.78, 5) is 38.3. The maximum Gasteiger partial charge on any atom is 0.340 e. The smallest absolute Gasteiger partial charge is 0.340 e. The fourth-order valence-electron chi connectivity index (χ4n) is 3.63. The highest BCUT2D eigenvalue weighted by Crippen LogP contribution is 2.28. The van der Waals surface area contributed by atoms with Gasteiger partial charge in [0.05, 0.1) is 22.8 Å². The summed E-state index contributed by atoms with van der Waals surface area (Å²) in [7, 11) is 0. The SMILES string of the molecule is C[C@H]1C[C@@H](OC(=O)c2ccccc2)[C@H](OC(=O)c2ccccc2)[C@H](OC(=O)c2ccccc2)O1. The summed E-state index contributed by atoms with van der Waals surface area (Å²) >= 11 is 0. The van der Waals surface area contributed by atoms with E-state index in [-0.39, 0.29) is 6.42 Å². The van der Waals surface area contributed by atoms with Crippen molar-refractivity contribution < 1.29 is 33.3 Å². The molecule has 4 atom stereocenters. The van der Waals surface area contributed by atoms with Crippen molar-refractivity contribution in [1.82, 2.24) is 0 Å². The fraction of sp³-hybridized carbons (Fsp3) is 0.222. The van der Waals surface area contributed by atoms with Gasteiger partial charge in [-0.15, -0.1) is 0 Å². The van der Waals surface area contributed by atoms with Gasteiger partial charge in [-0.2, -0.15) is 0 Å². The first-order valence-electron chi connectivity index (χ1n) is 10.9. The number of esters is 3. The Morgan fingerprint density at radius 3 is 1.53 bits per heavy atom. The first-order chi connectivity index (χ1) is 16.5. The number of carbonyl (C=O) groups excluding carboxylic acids is 3. The molecule has 0 amide bonds. The zero-order valence-electron chi connectivity index (χ0n) is 18.5. The first kappa shape index (κ1) is 23.2. The molecule has 34 heavy (non-hydrogen) atoms. The lowest BCUT2D eigenvalue weighted by Gasteiger charge is -2.38. The Morgan fingerprint density at radius 2 is 1.06 bits per heavy atom. The third-order valence-corrected chi connectivity index (χ3v) is 5.32. The summed E-state index contributed by atoms with van der Waals surface area (Å²) in [5, 5.41) is 0. The Balaban J connectivity index is 1.58. The van der Waals surface area contributed by atoms with Crippen LogP contribution in [0.15, 0.2) is 91.0 Å². The number of benzene rings is 3. The monoisotopic (exact) mass is 460 g/mol. The number of rotatable bonds is 6. The van der Waals surface area contributed by atoms with Crippen LogP contribution in [0.4, 0.5) is 0 Å². The molecule has 3 aromatic rings.